The Morgan fingerprint density at radius 1 is 1.06 bits per heavy atom. The highest BCUT2D eigenvalue weighted by molar-refractivity contribution is 5.74. The molecule has 94 valence electrons. The summed E-state index contributed by atoms with van der Waals surface area (Å²) in [5.74, 6) is 0. The minimum atomic E-state index is 0.222. The third kappa shape index (κ3) is 4.42. The molecule has 3 nitrogen and oxygen atoms in total. The van der Waals surface area contributed by atoms with Crippen LogP contribution in [0, 0.1) is 0 Å². The van der Waals surface area contributed by atoms with E-state index in [1.54, 1.807) is 0 Å². The van der Waals surface area contributed by atoms with Crippen LogP contribution in [0.2, 0.25) is 0 Å². The number of urea groups is 1. The van der Waals surface area contributed by atoms with Gasteiger partial charge >= 0.3 is 6.03 Å². The Kier molecular flexibility index (Phi) is 6.27. The van der Waals surface area contributed by atoms with Crippen molar-refractivity contribution in [3.63, 3.8) is 0 Å². The van der Waals surface area contributed by atoms with Crippen molar-refractivity contribution in [1.82, 2.24) is 9.80 Å². The Morgan fingerprint density at radius 2 is 1.75 bits per heavy atom. The molecule has 0 unspecified atom stereocenters. The molecule has 1 aliphatic heterocycles. The first-order valence-corrected chi connectivity index (χ1v) is 6.75. The van der Waals surface area contributed by atoms with Gasteiger partial charge in [-0.3, -0.25) is 0 Å². The lowest BCUT2D eigenvalue weighted by Gasteiger charge is -2.33. The van der Waals surface area contributed by atoms with Crippen LogP contribution < -0.4 is 0 Å². The monoisotopic (exact) mass is 226 g/mol. The van der Waals surface area contributed by atoms with Gasteiger partial charge in [0, 0.05) is 26.7 Å². The maximum absolute atomic E-state index is 11.7. The molecule has 0 N–H and O–H groups in total. The van der Waals surface area contributed by atoms with E-state index in [-0.39, 0.29) is 6.03 Å². The van der Waals surface area contributed by atoms with Crippen LogP contribution in [-0.4, -0.2) is 42.5 Å². The molecular weight excluding hydrogens is 200 g/mol. The number of nitrogens with zero attached hydrogens (tertiary/aromatic N) is 2. The summed E-state index contributed by atoms with van der Waals surface area (Å²) in [6, 6.07) is 0.222. The van der Waals surface area contributed by atoms with Gasteiger partial charge in [0.1, 0.15) is 0 Å². The van der Waals surface area contributed by atoms with Crippen molar-refractivity contribution < 1.29 is 4.79 Å². The number of unbranched alkanes of at least 4 members (excludes halogenated alkanes) is 5. The van der Waals surface area contributed by atoms with E-state index >= 15 is 0 Å². The lowest BCUT2D eigenvalue weighted by atomic mass is 10.1. The molecule has 0 aromatic heterocycles. The van der Waals surface area contributed by atoms with E-state index in [9.17, 15) is 4.79 Å². The summed E-state index contributed by atoms with van der Waals surface area (Å²) in [7, 11) is 1.90. The molecule has 3 heteroatoms. The lowest BCUT2D eigenvalue weighted by Crippen LogP contribution is -2.47. The minimum Gasteiger partial charge on any atom is -0.328 e. The van der Waals surface area contributed by atoms with Gasteiger partial charge in [0.2, 0.25) is 0 Å². The average molecular weight is 226 g/mol. The predicted molar refractivity (Wildman–Crippen MR) is 67.6 cm³/mol. The second kappa shape index (κ2) is 7.53. The highest BCUT2D eigenvalue weighted by atomic mass is 16.2. The fourth-order valence-electron chi connectivity index (χ4n) is 2.22. The smallest absolute Gasteiger partial charge is 0.319 e. The minimum absolute atomic E-state index is 0.222. The topological polar surface area (TPSA) is 23.6 Å². The number of hydrogen-bond donors (Lipinski definition) is 0. The largest absolute Gasteiger partial charge is 0.328 e. The van der Waals surface area contributed by atoms with Gasteiger partial charge < -0.3 is 9.80 Å². The standard InChI is InChI=1S/C13H26N2O/c1-3-4-5-6-7-8-11-15-12-9-10-14(2)13(15)16/h3-12H2,1-2H3. The van der Waals surface area contributed by atoms with Crippen LogP contribution in [-0.2, 0) is 0 Å². The summed E-state index contributed by atoms with van der Waals surface area (Å²) in [4.78, 5) is 15.6. The van der Waals surface area contributed by atoms with Gasteiger partial charge in [0.15, 0.2) is 0 Å². The van der Waals surface area contributed by atoms with Crippen LogP contribution in [0.3, 0.4) is 0 Å². The number of amides is 2. The van der Waals surface area contributed by atoms with Crippen LogP contribution in [0.5, 0.6) is 0 Å². The third-order valence-corrected chi connectivity index (χ3v) is 3.30. The molecule has 1 heterocycles. The molecule has 16 heavy (non-hydrogen) atoms. The van der Waals surface area contributed by atoms with E-state index in [0.29, 0.717) is 0 Å². The SMILES string of the molecule is CCCCCCCCN1CCCN(C)C1=O. The first kappa shape index (κ1) is 13.3. The van der Waals surface area contributed by atoms with Crippen LogP contribution in [0.15, 0.2) is 0 Å². The number of carbonyl (C=O) groups excluding carboxylic acids is 1. The molecule has 2 amide bonds. The Labute approximate surface area is 99.8 Å². The first-order chi connectivity index (χ1) is 7.75. The van der Waals surface area contributed by atoms with Crippen molar-refractivity contribution in [3.8, 4) is 0 Å². The zero-order valence-corrected chi connectivity index (χ0v) is 10.9. The van der Waals surface area contributed by atoms with Gasteiger partial charge in [-0.15, -0.1) is 0 Å². The van der Waals surface area contributed by atoms with Crippen LogP contribution >= 0.6 is 0 Å². The second-order valence-electron chi connectivity index (χ2n) is 4.81. The summed E-state index contributed by atoms with van der Waals surface area (Å²) < 4.78 is 0. The number of hydrogen-bond acceptors (Lipinski definition) is 1. The van der Waals surface area contributed by atoms with E-state index < -0.39 is 0 Å². The van der Waals surface area contributed by atoms with Gasteiger partial charge in [0.25, 0.3) is 0 Å². The van der Waals surface area contributed by atoms with E-state index in [4.69, 9.17) is 0 Å². The summed E-state index contributed by atoms with van der Waals surface area (Å²) in [5, 5.41) is 0. The molecule has 1 saturated heterocycles. The quantitative estimate of drug-likeness (QED) is 0.612. The van der Waals surface area contributed by atoms with Crippen molar-refractivity contribution in [2.24, 2.45) is 0 Å². The normalized spacial score (nSPS) is 17.0. The zero-order chi connectivity index (χ0) is 11.8. The van der Waals surface area contributed by atoms with E-state index in [0.717, 1.165) is 26.1 Å². The fourth-order valence-corrected chi connectivity index (χ4v) is 2.22. The molecule has 0 aliphatic carbocycles. The van der Waals surface area contributed by atoms with Gasteiger partial charge in [-0.2, -0.15) is 0 Å². The molecule has 1 aliphatic rings. The summed E-state index contributed by atoms with van der Waals surface area (Å²) >= 11 is 0. The maximum Gasteiger partial charge on any atom is 0.319 e. The van der Waals surface area contributed by atoms with Crippen LogP contribution in [0.4, 0.5) is 4.79 Å². The molecule has 0 bridgehead atoms. The molecule has 1 rings (SSSR count). The Morgan fingerprint density at radius 3 is 2.50 bits per heavy atom. The van der Waals surface area contributed by atoms with Crippen molar-refractivity contribution in [3.05, 3.63) is 0 Å². The van der Waals surface area contributed by atoms with Crippen LogP contribution in [0.1, 0.15) is 51.9 Å². The lowest BCUT2D eigenvalue weighted by molar-refractivity contribution is 0.140. The van der Waals surface area contributed by atoms with Gasteiger partial charge in [-0.1, -0.05) is 39.0 Å². The van der Waals surface area contributed by atoms with Crippen molar-refractivity contribution in [2.75, 3.05) is 26.7 Å². The molecule has 0 aromatic rings. The fraction of sp³-hybridized carbons (Fsp3) is 0.923. The van der Waals surface area contributed by atoms with Gasteiger partial charge in [-0.05, 0) is 12.8 Å². The van der Waals surface area contributed by atoms with Gasteiger partial charge in [0.05, 0.1) is 0 Å². The van der Waals surface area contributed by atoms with E-state index in [2.05, 4.69) is 6.92 Å². The molecule has 0 aromatic carbocycles. The molecule has 0 atom stereocenters. The summed E-state index contributed by atoms with van der Waals surface area (Å²) in [5.41, 5.74) is 0. The molecule has 1 fully saturated rings. The van der Waals surface area contributed by atoms with Crippen molar-refractivity contribution in [1.29, 1.82) is 0 Å². The highest BCUT2D eigenvalue weighted by Crippen LogP contribution is 2.10. The number of carbonyl (C=O) groups is 1. The Hall–Kier alpha value is -0.730. The zero-order valence-electron chi connectivity index (χ0n) is 10.9. The molecule has 0 saturated carbocycles. The van der Waals surface area contributed by atoms with E-state index in [1.165, 1.54) is 38.5 Å². The second-order valence-corrected chi connectivity index (χ2v) is 4.81. The average Bonchev–Trinajstić information content (AvgIpc) is 2.29. The van der Waals surface area contributed by atoms with Crippen molar-refractivity contribution in [2.45, 2.75) is 51.9 Å². The summed E-state index contributed by atoms with van der Waals surface area (Å²) in [6.45, 7) is 5.07. The van der Waals surface area contributed by atoms with Crippen molar-refractivity contribution >= 4 is 6.03 Å². The van der Waals surface area contributed by atoms with Gasteiger partial charge in [-0.25, -0.2) is 4.79 Å². The highest BCUT2D eigenvalue weighted by Gasteiger charge is 2.21. The van der Waals surface area contributed by atoms with E-state index in [1.807, 2.05) is 16.8 Å². The first-order valence-electron chi connectivity index (χ1n) is 6.75. The maximum atomic E-state index is 11.7. The van der Waals surface area contributed by atoms with Crippen LogP contribution in [0.25, 0.3) is 0 Å². The predicted octanol–water partition coefficient (Wildman–Crippen LogP) is 3.10. The molecule has 0 radical (unpaired) electrons. The summed E-state index contributed by atoms with van der Waals surface area (Å²) in [6.07, 6.45) is 8.89. The number of rotatable bonds is 7. The molecule has 0 spiro atoms. The Balaban J connectivity index is 2.05. The third-order valence-electron chi connectivity index (χ3n) is 3.30. The molecular formula is C13H26N2O. The Bertz CT molecular complexity index is 206.